The maximum Gasteiger partial charge on any atom is 0.303 e. The number of carbonyl (C=O) groups excluding carboxylic acids is 3. The molecule has 0 saturated carbocycles. The van der Waals surface area contributed by atoms with E-state index in [2.05, 4.69) is 20.3 Å². The van der Waals surface area contributed by atoms with E-state index in [1.165, 1.54) is 33.4 Å². The van der Waals surface area contributed by atoms with Crippen LogP contribution < -0.4 is 5.32 Å². The summed E-state index contributed by atoms with van der Waals surface area (Å²) in [5, 5.41) is 2.61. The Labute approximate surface area is 166 Å². The first-order valence-electron chi connectivity index (χ1n) is 8.93. The van der Waals surface area contributed by atoms with Crippen LogP contribution in [-0.2, 0) is 28.6 Å². The number of ether oxygens (including phenoxy) is 3. The molecule has 0 saturated heterocycles. The largest absolute Gasteiger partial charge is 0.463 e. The average molecular weight is 403 g/mol. The Morgan fingerprint density at radius 1 is 1.21 bits per heavy atom. The van der Waals surface area contributed by atoms with Gasteiger partial charge in [-0.1, -0.05) is 6.08 Å². The SMILES string of the molecule is CC(=O)Nc1ncnc2c1ncn2[C@H]1CC=C[C@H](OC(C)=O)[C@@H](COC(C)=O)O1. The fourth-order valence-corrected chi connectivity index (χ4v) is 2.93. The first-order valence-corrected chi connectivity index (χ1v) is 8.93. The molecule has 0 unspecified atom stereocenters. The third-order valence-corrected chi connectivity index (χ3v) is 4.08. The van der Waals surface area contributed by atoms with Crippen molar-refractivity contribution in [3.05, 3.63) is 24.8 Å². The first kappa shape index (κ1) is 20.4. The number of nitrogens with zero attached hydrogens (tertiary/aromatic N) is 4. The van der Waals surface area contributed by atoms with Gasteiger partial charge in [-0.15, -0.1) is 0 Å². The molecule has 0 bridgehead atoms. The smallest absolute Gasteiger partial charge is 0.303 e. The van der Waals surface area contributed by atoms with E-state index >= 15 is 0 Å². The van der Waals surface area contributed by atoms with E-state index in [4.69, 9.17) is 14.2 Å². The molecular weight excluding hydrogens is 382 g/mol. The van der Waals surface area contributed by atoms with Crippen molar-refractivity contribution in [3.63, 3.8) is 0 Å². The lowest BCUT2D eigenvalue weighted by atomic mass is 10.2. The van der Waals surface area contributed by atoms with Gasteiger partial charge in [-0.05, 0) is 6.08 Å². The quantitative estimate of drug-likeness (QED) is 0.575. The van der Waals surface area contributed by atoms with Crippen LogP contribution in [0.15, 0.2) is 24.8 Å². The Kier molecular flexibility index (Phi) is 6.17. The van der Waals surface area contributed by atoms with Crippen molar-refractivity contribution in [2.45, 2.75) is 45.6 Å². The van der Waals surface area contributed by atoms with Crippen LogP contribution in [0.1, 0.15) is 33.4 Å². The zero-order chi connectivity index (χ0) is 21.0. The second kappa shape index (κ2) is 8.78. The molecule has 1 aliphatic heterocycles. The summed E-state index contributed by atoms with van der Waals surface area (Å²) in [6.07, 6.45) is 4.79. The Hall–Kier alpha value is -3.34. The number of hydrogen-bond acceptors (Lipinski definition) is 9. The van der Waals surface area contributed by atoms with Crippen molar-refractivity contribution in [2.75, 3.05) is 11.9 Å². The number of anilines is 1. The lowest BCUT2D eigenvalue weighted by Crippen LogP contribution is -2.36. The van der Waals surface area contributed by atoms with Crippen molar-refractivity contribution in [3.8, 4) is 0 Å². The number of fused-ring (bicyclic) bond motifs is 1. The maximum absolute atomic E-state index is 11.4. The van der Waals surface area contributed by atoms with Crippen molar-refractivity contribution in [2.24, 2.45) is 0 Å². The summed E-state index contributed by atoms with van der Waals surface area (Å²) in [6.45, 7) is 3.86. The van der Waals surface area contributed by atoms with Gasteiger partial charge in [0, 0.05) is 27.2 Å². The lowest BCUT2D eigenvalue weighted by molar-refractivity contribution is -0.166. The molecule has 1 aliphatic rings. The van der Waals surface area contributed by atoms with E-state index in [1.807, 2.05) is 6.08 Å². The van der Waals surface area contributed by atoms with Gasteiger partial charge < -0.3 is 19.5 Å². The molecule has 11 heteroatoms. The highest BCUT2D eigenvalue weighted by atomic mass is 16.6. The van der Waals surface area contributed by atoms with E-state index in [1.54, 1.807) is 10.6 Å². The number of rotatable bonds is 5. The molecule has 2 aromatic heterocycles. The van der Waals surface area contributed by atoms with Crippen LogP contribution in [0.5, 0.6) is 0 Å². The lowest BCUT2D eigenvalue weighted by Gasteiger charge is -2.26. The summed E-state index contributed by atoms with van der Waals surface area (Å²) in [5.41, 5.74) is 0.868. The molecule has 0 spiro atoms. The predicted molar refractivity (Wildman–Crippen MR) is 99.5 cm³/mol. The molecule has 3 atom stereocenters. The summed E-state index contributed by atoms with van der Waals surface area (Å²) in [6, 6.07) is 0. The minimum absolute atomic E-state index is 0.0904. The Morgan fingerprint density at radius 3 is 2.69 bits per heavy atom. The molecule has 3 rings (SSSR count). The highest BCUT2D eigenvalue weighted by molar-refractivity contribution is 5.95. The van der Waals surface area contributed by atoms with Crippen molar-refractivity contribution >= 4 is 34.8 Å². The standard InChI is InChI=1S/C18H21N5O6/c1-10(24)22-17-16-18(20-8-19-17)23(9-21-16)15-6-4-5-13(28-12(3)26)14(29-15)7-27-11(2)25/h4-5,8-9,13-15H,6-7H2,1-3H3,(H,19,20,22,24)/t13-,14+,15+/m0/s1. The zero-order valence-corrected chi connectivity index (χ0v) is 16.2. The molecular formula is C18H21N5O6. The van der Waals surface area contributed by atoms with Crippen LogP contribution >= 0.6 is 0 Å². The molecule has 154 valence electrons. The fourth-order valence-electron chi connectivity index (χ4n) is 2.93. The van der Waals surface area contributed by atoms with Gasteiger partial charge >= 0.3 is 11.9 Å². The predicted octanol–water partition coefficient (Wildman–Crippen LogP) is 1.12. The van der Waals surface area contributed by atoms with Gasteiger partial charge in [0.15, 0.2) is 17.0 Å². The summed E-state index contributed by atoms with van der Waals surface area (Å²) < 4.78 is 18.2. The van der Waals surface area contributed by atoms with E-state index in [9.17, 15) is 14.4 Å². The summed E-state index contributed by atoms with van der Waals surface area (Å²) >= 11 is 0. The molecule has 1 N–H and O–H groups in total. The van der Waals surface area contributed by atoms with E-state index < -0.39 is 30.4 Å². The number of nitrogens with one attached hydrogen (secondary N) is 1. The number of esters is 2. The van der Waals surface area contributed by atoms with Crippen LogP contribution in [0, 0.1) is 0 Å². The number of hydrogen-bond donors (Lipinski definition) is 1. The number of carbonyl (C=O) groups is 3. The average Bonchev–Trinajstić information content (AvgIpc) is 2.97. The molecule has 0 radical (unpaired) electrons. The third-order valence-electron chi connectivity index (χ3n) is 4.08. The first-order chi connectivity index (χ1) is 13.8. The van der Waals surface area contributed by atoms with Gasteiger partial charge in [0.1, 0.15) is 31.4 Å². The van der Waals surface area contributed by atoms with Crippen LogP contribution in [0.25, 0.3) is 11.2 Å². The normalized spacial score (nSPS) is 21.4. The van der Waals surface area contributed by atoms with Gasteiger partial charge in [0.05, 0.1) is 6.33 Å². The fraction of sp³-hybridized carbons (Fsp3) is 0.444. The van der Waals surface area contributed by atoms with E-state index in [0.29, 0.717) is 23.4 Å². The van der Waals surface area contributed by atoms with E-state index in [-0.39, 0.29) is 12.5 Å². The molecule has 0 aliphatic carbocycles. The maximum atomic E-state index is 11.4. The Balaban J connectivity index is 1.90. The van der Waals surface area contributed by atoms with Crippen molar-refractivity contribution in [1.82, 2.24) is 19.5 Å². The second-order valence-electron chi connectivity index (χ2n) is 6.40. The van der Waals surface area contributed by atoms with Crippen molar-refractivity contribution in [1.29, 1.82) is 0 Å². The summed E-state index contributed by atoms with van der Waals surface area (Å²) in [7, 11) is 0. The third kappa shape index (κ3) is 4.93. The summed E-state index contributed by atoms with van der Waals surface area (Å²) in [4.78, 5) is 46.6. The minimum atomic E-state index is -0.722. The molecule has 0 fully saturated rings. The molecule has 1 amide bonds. The van der Waals surface area contributed by atoms with Crippen LogP contribution in [0.4, 0.5) is 5.82 Å². The van der Waals surface area contributed by atoms with Crippen LogP contribution in [0.3, 0.4) is 0 Å². The second-order valence-corrected chi connectivity index (χ2v) is 6.40. The number of aromatic nitrogens is 4. The monoisotopic (exact) mass is 403 g/mol. The molecule has 3 heterocycles. The molecule has 2 aromatic rings. The van der Waals surface area contributed by atoms with E-state index in [0.717, 1.165) is 0 Å². The molecule has 29 heavy (non-hydrogen) atoms. The van der Waals surface area contributed by atoms with Crippen LogP contribution in [-0.4, -0.2) is 56.2 Å². The number of imidazole rings is 1. The number of amides is 1. The molecule has 0 aromatic carbocycles. The van der Waals surface area contributed by atoms with Gasteiger partial charge in [-0.25, -0.2) is 15.0 Å². The minimum Gasteiger partial charge on any atom is -0.463 e. The summed E-state index contributed by atoms with van der Waals surface area (Å²) in [5.74, 6) is -0.936. The van der Waals surface area contributed by atoms with Gasteiger partial charge in [0.25, 0.3) is 0 Å². The zero-order valence-electron chi connectivity index (χ0n) is 16.2. The highest BCUT2D eigenvalue weighted by Crippen LogP contribution is 2.28. The van der Waals surface area contributed by atoms with Gasteiger partial charge in [-0.3, -0.25) is 19.0 Å². The van der Waals surface area contributed by atoms with Gasteiger partial charge in [0.2, 0.25) is 5.91 Å². The molecule has 11 nitrogen and oxygen atoms in total. The Bertz CT molecular complexity index is 955. The van der Waals surface area contributed by atoms with Gasteiger partial charge in [-0.2, -0.15) is 0 Å². The van der Waals surface area contributed by atoms with Crippen molar-refractivity contribution < 1.29 is 28.6 Å². The topological polar surface area (TPSA) is 135 Å². The highest BCUT2D eigenvalue weighted by Gasteiger charge is 2.31. The van der Waals surface area contributed by atoms with Crippen LogP contribution in [0.2, 0.25) is 0 Å². The Morgan fingerprint density at radius 2 is 2.00 bits per heavy atom.